The second kappa shape index (κ2) is 12.1. The van der Waals surface area contributed by atoms with Crippen LogP contribution in [0.25, 0.3) is 0 Å². The lowest BCUT2D eigenvalue weighted by Gasteiger charge is -2.35. The smallest absolute Gasteiger partial charge is 0.315 e. The number of carbonyl (C=O) groups excluding carboxylic acids is 2. The molecule has 2 aromatic rings. The highest BCUT2D eigenvalue weighted by atomic mass is 16.5. The Labute approximate surface area is 195 Å². The Morgan fingerprint density at radius 2 is 1.61 bits per heavy atom. The molecule has 3 rings (SSSR count). The van der Waals surface area contributed by atoms with E-state index in [1.54, 1.807) is 19.2 Å². The molecular formula is C25H33N3O5. The van der Waals surface area contributed by atoms with Gasteiger partial charge in [-0.05, 0) is 62.2 Å². The number of carbonyl (C=O) groups is 2. The normalized spacial score (nSPS) is 17.8. The Morgan fingerprint density at radius 1 is 0.970 bits per heavy atom. The van der Waals surface area contributed by atoms with Crippen LogP contribution in [-0.2, 0) is 11.3 Å². The summed E-state index contributed by atoms with van der Waals surface area (Å²) >= 11 is 0. The Balaban J connectivity index is 1.33. The first-order valence-corrected chi connectivity index (χ1v) is 11.3. The minimum Gasteiger partial charge on any atom is -0.497 e. The molecule has 0 spiro atoms. The zero-order valence-corrected chi connectivity index (χ0v) is 19.5. The van der Waals surface area contributed by atoms with Crippen molar-refractivity contribution in [2.75, 3.05) is 33.4 Å². The van der Waals surface area contributed by atoms with Crippen molar-refractivity contribution in [3.8, 4) is 11.5 Å². The fourth-order valence-corrected chi connectivity index (χ4v) is 3.67. The topological polar surface area (TPSA) is 89.1 Å². The number of benzene rings is 2. The quantitative estimate of drug-likeness (QED) is 0.567. The zero-order chi connectivity index (χ0) is 23.6. The molecule has 1 fully saturated rings. The number of ether oxygens (including phenoxy) is 3. The average molecular weight is 456 g/mol. The Hall–Kier alpha value is -3.26. The predicted molar refractivity (Wildman–Crippen MR) is 126 cm³/mol. The van der Waals surface area contributed by atoms with Crippen LogP contribution in [0.1, 0.15) is 36.2 Å². The van der Waals surface area contributed by atoms with Gasteiger partial charge in [-0.3, -0.25) is 4.79 Å². The van der Waals surface area contributed by atoms with E-state index in [9.17, 15) is 9.59 Å². The summed E-state index contributed by atoms with van der Waals surface area (Å²) in [5.74, 6) is 1.55. The molecule has 1 heterocycles. The fraction of sp³-hybridized carbons (Fsp3) is 0.440. The maximum Gasteiger partial charge on any atom is 0.315 e. The van der Waals surface area contributed by atoms with Crippen molar-refractivity contribution in [2.45, 2.75) is 39.0 Å². The van der Waals surface area contributed by atoms with E-state index in [-0.39, 0.29) is 24.1 Å². The van der Waals surface area contributed by atoms with Crippen LogP contribution in [0.15, 0.2) is 48.5 Å². The largest absolute Gasteiger partial charge is 0.497 e. The maximum atomic E-state index is 12.7. The molecule has 8 heteroatoms. The summed E-state index contributed by atoms with van der Waals surface area (Å²) in [4.78, 5) is 26.6. The van der Waals surface area contributed by atoms with Crippen LogP contribution in [0.2, 0.25) is 0 Å². The first-order valence-electron chi connectivity index (χ1n) is 11.3. The van der Waals surface area contributed by atoms with E-state index in [0.29, 0.717) is 44.8 Å². The minimum atomic E-state index is -0.240. The average Bonchev–Trinajstić information content (AvgIpc) is 2.82. The van der Waals surface area contributed by atoms with E-state index in [1.807, 2.05) is 55.1 Å². The van der Waals surface area contributed by atoms with E-state index >= 15 is 0 Å². The van der Waals surface area contributed by atoms with Crippen LogP contribution >= 0.6 is 0 Å². The monoisotopic (exact) mass is 455 g/mol. The molecule has 0 aromatic heterocycles. The lowest BCUT2D eigenvalue weighted by atomic mass is 10.1. The van der Waals surface area contributed by atoms with Crippen LogP contribution < -0.4 is 20.1 Å². The van der Waals surface area contributed by atoms with Crippen molar-refractivity contribution in [3.05, 3.63) is 59.7 Å². The number of amides is 3. The molecule has 2 atom stereocenters. The Bertz CT molecular complexity index is 891. The molecule has 1 aliphatic heterocycles. The summed E-state index contributed by atoms with van der Waals surface area (Å²) in [6.07, 6.45) is 0.761. The number of nitrogens with one attached hydrogen (secondary N) is 2. The second-order valence-electron chi connectivity index (χ2n) is 8.15. The number of hydrogen-bond donors (Lipinski definition) is 2. The van der Waals surface area contributed by atoms with Gasteiger partial charge in [-0.25, -0.2) is 4.79 Å². The van der Waals surface area contributed by atoms with Gasteiger partial charge in [0.1, 0.15) is 11.5 Å². The molecule has 1 saturated heterocycles. The van der Waals surface area contributed by atoms with Crippen molar-refractivity contribution >= 4 is 11.9 Å². The summed E-state index contributed by atoms with van der Waals surface area (Å²) < 4.78 is 16.4. The van der Waals surface area contributed by atoms with Crippen LogP contribution in [0.5, 0.6) is 11.5 Å². The van der Waals surface area contributed by atoms with Gasteiger partial charge in [-0.15, -0.1) is 0 Å². The molecular weight excluding hydrogens is 422 g/mol. The third-order valence-corrected chi connectivity index (χ3v) is 5.30. The van der Waals surface area contributed by atoms with Gasteiger partial charge in [0, 0.05) is 31.7 Å². The van der Waals surface area contributed by atoms with Crippen LogP contribution in [0, 0.1) is 0 Å². The third kappa shape index (κ3) is 7.68. The molecule has 33 heavy (non-hydrogen) atoms. The molecule has 2 N–H and O–H groups in total. The molecule has 0 radical (unpaired) electrons. The van der Waals surface area contributed by atoms with Gasteiger partial charge in [0.25, 0.3) is 5.91 Å². The van der Waals surface area contributed by atoms with E-state index in [2.05, 4.69) is 10.6 Å². The highest BCUT2D eigenvalue weighted by molar-refractivity contribution is 5.94. The van der Waals surface area contributed by atoms with Gasteiger partial charge in [0.05, 0.1) is 25.9 Å². The number of urea groups is 1. The van der Waals surface area contributed by atoms with Crippen LogP contribution in [0.3, 0.4) is 0 Å². The Kier molecular flexibility index (Phi) is 8.95. The van der Waals surface area contributed by atoms with Crippen molar-refractivity contribution in [2.24, 2.45) is 0 Å². The summed E-state index contributed by atoms with van der Waals surface area (Å²) in [5.41, 5.74) is 1.56. The summed E-state index contributed by atoms with van der Waals surface area (Å²) in [6.45, 7) is 6.53. The van der Waals surface area contributed by atoms with E-state index in [0.717, 1.165) is 17.1 Å². The van der Waals surface area contributed by atoms with E-state index in [1.165, 1.54) is 0 Å². The van der Waals surface area contributed by atoms with Gasteiger partial charge < -0.3 is 29.7 Å². The molecule has 8 nitrogen and oxygen atoms in total. The van der Waals surface area contributed by atoms with Crippen molar-refractivity contribution < 1.29 is 23.8 Å². The number of morpholine rings is 1. The van der Waals surface area contributed by atoms with Gasteiger partial charge in [-0.1, -0.05) is 12.1 Å². The summed E-state index contributed by atoms with van der Waals surface area (Å²) in [7, 11) is 1.62. The van der Waals surface area contributed by atoms with Gasteiger partial charge in [0.15, 0.2) is 0 Å². The van der Waals surface area contributed by atoms with Gasteiger partial charge in [0.2, 0.25) is 0 Å². The van der Waals surface area contributed by atoms with Crippen LogP contribution in [0.4, 0.5) is 4.79 Å². The number of rotatable bonds is 9. The molecule has 2 unspecified atom stereocenters. The SMILES string of the molecule is COc1ccc(OCCCNC(=O)NCc2ccc(C(=O)N3CC(C)OC(C)C3)cc2)cc1. The molecule has 0 saturated carbocycles. The number of methoxy groups -OCH3 is 1. The standard InChI is InChI=1S/C25H33N3O5/c1-18-16-28(17-19(2)33-18)24(29)21-7-5-20(6-8-21)15-27-25(30)26-13-4-14-32-23-11-9-22(31-3)10-12-23/h5-12,18-19H,4,13-17H2,1-3H3,(H2,26,27,30). The Morgan fingerprint density at radius 3 is 2.24 bits per heavy atom. The highest BCUT2D eigenvalue weighted by Crippen LogP contribution is 2.17. The second-order valence-corrected chi connectivity index (χ2v) is 8.15. The number of nitrogens with zero attached hydrogens (tertiary/aromatic N) is 1. The fourth-order valence-electron chi connectivity index (χ4n) is 3.67. The molecule has 3 amide bonds. The highest BCUT2D eigenvalue weighted by Gasteiger charge is 2.26. The first-order chi connectivity index (χ1) is 15.9. The number of hydrogen-bond acceptors (Lipinski definition) is 5. The van der Waals surface area contributed by atoms with Gasteiger partial charge in [-0.2, -0.15) is 0 Å². The van der Waals surface area contributed by atoms with E-state index in [4.69, 9.17) is 14.2 Å². The molecule has 2 aromatic carbocycles. The third-order valence-electron chi connectivity index (χ3n) is 5.30. The summed E-state index contributed by atoms with van der Waals surface area (Å²) in [6, 6.07) is 14.5. The van der Waals surface area contributed by atoms with Crippen LogP contribution in [-0.4, -0.2) is 62.4 Å². The van der Waals surface area contributed by atoms with Crippen molar-refractivity contribution in [3.63, 3.8) is 0 Å². The van der Waals surface area contributed by atoms with Crippen molar-refractivity contribution in [1.29, 1.82) is 0 Å². The van der Waals surface area contributed by atoms with Gasteiger partial charge >= 0.3 is 6.03 Å². The lowest BCUT2D eigenvalue weighted by molar-refractivity contribution is -0.0586. The van der Waals surface area contributed by atoms with Crippen molar-refractivity contribution in [1.82, 2.24) is 15.5 Å². The minimum absolute atomic E-state index is 0.00566. The predicted octanol–water partition coefficient (Wildman–Crippen LogP) is 3.21. The first kappa shape index (κ1) is 24.4. The molecule has 1 aliphatic rings. The molecule has 0 aliphatic carbocycles. The lowest BCUT2D eigenvalue weighted by Crippen LogP contribution is -2.48. The van der Waals surface area contributed by atoms with E-state index < -0.39 is 0 Å². The molecule has 178 valence electrons. The zero-order valence-electron chi connectivity index (χ0n) is 19.5. The maximum absolute atomic E-state index is 12.7. The molecule has 0 bridgehead atoms. The summed E-state index contributed by atoms with van der Waals surface area (Å²) in [5, 5.41) is 5.64.